The smallest absolute Gasteiger partial charge is 0.326 e. The molecule has 2 aromatic carbocycles. The van der Waals surface area contributed by atoms with Crippen molar-refractivity contribution in [1.29, 1.82) is 0 Å². The summed E-state index contributed by atoms with van der Waals surface area (Å²) in [5.41, 5.74) is 1.14. The molecule has 4 aliphatic rings. The Labute approximate surface area is 253 Å². The summed E-state index contributed by atoms with van der Waals surface area (Å²) in [4.78, 5) is 78.9. The minimum atomic E-state index is -0.684. The quantitative estimate of drug-likeness (QED) is 0.277. The maximum Gasteiger partial charge on any atom is 0.326 e. The first-order valence-corrected chi connectivity index (χ1v) is 14.6. The highest BCUT2D eigenvalue weighted by Gasteiger charge is 2.42. The van der Waals surface area contributed by atoms with Crippen LogP contribution in [-0.2, 0) is 28.5 Å². The number of rotatable bonds is 11. The summed E-state index contributed by atoms with van der Waals surface area (Å²) in [7, 11) is 0. The number of esters is 2. The number of carbonyl (C=O) groups is 6. The molecule has 12 heteroatoms. The second-order valence-electron chi connectivity index (χ2n) is 11.9. The van der Waals surface area contributed by atoms with Gasteiger partial charge >= 0.3 is 11.9 Å². The zero-order valence-electron chi connectivity index (χ0n) is 24.5. The fourth-order valence-electron chi connectivity index (χ4n) is 5.60. The molecule has 2 fully saturated rings. The van der Waals surface area contributed by atoms with Gasteiger partial charge in [-0.15, -0.1) is 0 Å². The number of amides is 4. The highest BCUT2D eigenvalue weighted by atomic mass is 16.6. The number of imide groups is 2. The molecule has 0 radical (unpaired) electrons. The largest absolute Gasteiger partial charge is 0.464 e. The lowest BCUT2D eigenvalue weighted by molar-refractivity contribution is -0.171. The Hall–Kier alpha value is -4.42. The van der Waals surface area contributed by atoms with Crippen LogP contribution in [-0.4, -0.2) is 98.1 Å². The first-order chi connectivity index (χ1) is 21.1. The van der Waals surface area contributed by atoms with Crippen molar-refractivity contribution < 1.29 is 47.7 Å². The summed E-state index contributed by atoms with van der Waals surface area (Å²) >= 11 is 0. The van der Waals surface area contributed by atoms with Crippen molar-refractivity contribution in [2.24, 2.45) is 10.8 Å². The van der Waals surface area contributed by atoms with Crippen LogP contribution >= 0.6 is 0 Å². The lowest BCUT2D eigenvalue weighted by atomic mass is 9.84. The molecule has 0 spiro atoms. The van der Waals surface area contributed by atoms with Gasteiger partial charge in [-0.1, -0.05) is 26.0 Å². The molecule has 4 heterocycles. The minimum absolute atomic E-state index is 0.117. The molecular formula is C32H32N2O10. The third kappa shape index (κ3) is 5.07. The Kier molecular flexibility index (Phi) is 7.58. The summed E-state index contributed by atoms with van der Waals surface area (Å²) in [6, 6.07) is 9.27. The molecular weight excluding hydrogens is 572 g/mol. The predicted octanol–water partition coefficient (Wildman–Crippen LogP) is 2.49. The van der Waals surface area contributed by atoms with Crippen molar-refractivity contribution in [2.75, 3.05) is 52.7 Å². The molecule has 0 bridgehead atoms. The number of ether oxygens (including phenoxy) is 4. The first-order valence-electron chi connectivity index (χ1n) is 14.6. The maximum absolute atomic E-state index is 13.2. The summed E-state index contributed by atoms with van der Waals surface area (Å²) in [5, 5.41) is 0. The molecule has 0 unspecified atom stereocenters. The molecule has 230 valence electrons. The van der Waals surface area contributed by atoms with Crippen molar-refractivity contribution >= 4 is 35.6 Å². The minimum Gasteiger partial charge on any atom is -0.464 e. The Morgan fingerprint density at radius 2 is 1.00 bits per heavy atom. The molecule has 2 saturated heterocycles. The predicted molar refractivity (Wildman–Crippen MR) is 152 cm³/mol. The molecule has 0 atom stereocenters. The lowest BCUT2D eigenvalue weighted by Gasteiger charge is -2.39. The average Bonchev–Trinajstić information content (AvgIpc) is 3.36. The Bertz CT molecular complexity index is 1460. The summed E-state index contributed by atoms with van der Waals surface area (Å²) in [5.74, 6) is -3.82. The van der Waals surface area contributed by atoms with Gasteiger partial charge in [0.25, 0.3) is 23.6 Å². The van der Waals surface area contributed by atoms with E-state index in [9.17, 15) is 28.8 Å². The zero-order valence-corrected chi connectivity index (χ0v) is 24.5. The van der Waals surface area contributed by atoms with E-state index in [1.165, 1.54) is 24.3 Å². The SMILES string of the molecule is CCC1(COC(=O)CN2C(=O)c3ccc(-c4ccc5c(c4)C(=O)N(CC(=O)OCC4(CC)COC4)C5=O)cc3C2=O)COC1. The van der Waals surface area contributed by atoms with Crippen molar-refractivity contribution in [2.45, 2.75) is 26.7 Å². The van der Waals surface area contributed by atoms with E-state index in [1.807, 2.05) is 13.8 Å². The fourth-order valence-corrected chi connectivity index (χ4v) is 5.60. The van der Waals surface area contributed by atoms with Crippen molar-refractivity contribution in [3.05, 3.63) is 58.7 Å². The van der Waals surface area contributed by atoms with E-state index in [0.29, 0.717) is 37.6 Å². The van der Waals surface area contributed by atoms with E-state index in [1.54, 1.807) is 12.1 Å². The van der Waals surface area contributed by atoms with Gasteiger partial charge in [0, 0.05) is 0 Å². The molecule has 12 nitrogen and oxygen atoms in total. The average molecular weight is 605 g/mol. The van der Waals surface area contributed by atoms with Crippen LogP contribution < -0.4 is 0 Å². The van der Waals surface area contributed by atoms with Crippen LogP contribution in [0, 0.1) is 10.8 Å². The van der Waals surface area contributed by atoms with Crippen molar-refractivity contribution in [3.8, 4) is 11.1 Å². The fraction of sp³-hybridized carbons (Fsp3) is 0.438. The van der Waals surface area contributed by atoms with Crippen molar-refractivity contribution in [3.63, 3.8) is 0 Å². The van der Waals surface area contributed by atoms with E-state index in [-0.39, 0.29) is 46.3 Å². The van der Waals surface area contributed by atoms with Gasteiger partial charge in [0.1, 0.15) is 26.3 Å². The molecule has 4 amide bonds. The lowest BCUT2D eigenvalue weighted by Crippen LogP contribution is -2.47. The van der Waals surface area contributed by atoms with Gasteiger partial charge < -0.3 is 18.9 Å². The van der Waals surface area contributed by atoms with Gasteiger partial charge in [0.2, 0.25) is 0 Å². The molecule has 0 saturated carbocycles. The topological polar surface area (TPSA) is 146 Å². The van der Waals surface area contributed by atoms with E-state index >= 15 is 0 Å². The third-order valence-corrected chi connectivity index (χ3v) is 9.06. The van der Waals surface area contributed by atoms with E-state index in [0.717, 1.165) is 22.6 Å². The molecule has 0 aromatic heterocycles. The Morgan fingerprint density at radius 3 is 1.32 bits per heavy atom. The van der Waals surface area contributed by atoms with E-state index < -0.39 is 48.7 Å². The number of benzene rings is 2. The summed E-state index contributed by atoms with van der Waals surface area (Å²) < 4.78 is 21.2. The Balaban J connectivity index is 1.12. The Morgan fingerprint density at radius 1 is 0.636 bits per heavy atom. The molecule has 0 aliphatic carbocycles. The highest BCUT2D eigenvalue weighted by molar-refractivity contribution is 6.24. The van der Waals surface area contributed by atoms with Gasteiger partial charge in [-0.25, -0.2) is 0 Å². The standard InChI is InChI=1S/C32H32N2O10/c1-3-31(13-41-14-31)17-43-25(35)11-33-27(37)21-7-5-19(9-23(21)29(33)39)20-6-8-22-24(10-20)30(40)34(28(22)38)12-26(36)44-18-32(4-2)15-42-16-32/h5-10H,3-4,11-18H2,1-2H3. The number of carbonyl (C=O) groups excluding carboxylic acids is 6. The number of hydrogen-bond acceptors (Lipinski definition) is 10. The van der Waals surface area contributed by atoms with Gasteiger partial charge in [-0.3, -0.25) is 38.6 Å². The van der Waals surface area contributed by atoms with Gasteiger partial charge in [-0.05, 0) is 48.2 Å². The highest BCUT2D eigenvalue weighted by Crippen LogP contribution is 2.34. The van der Waals surface area contributed by atoms with Gasteiger partial charge in [0.15, 0.2) is 0 Å². The summed E-state index contributed by atoms with van der Waals surface area (Å²) in [6.07, 6.45) is 1.55. The third-order valence-electron chi connectivity index (χ3n) is 9.06. The van der Waals surface area contributed by atoms with Gasteiger partial charge in [-0.2, -0.15) is 0 Å². The number of fused-ring (bicyclic) bond motifs is 2. The number of hydrogen-bond donors (Lipinski definition) is 0. The van der Waals surface area contributed by atoms with E-state index in [2.05, 4.69) is 0 Å². The van der Waals surface area contributed by atoms with Crippen LogP contribution in [0.15, 0.2) is 36.4 Å². The van der Waals surface area contributed by atoms with Crippen LogP contribution in [0.2, 0.25) is 0 Å². The molecule has 2 aromatic rings. The van der Waals surface area contributed by atoms with Crippen LogP contribution in [0.5, 0.6) is 0 Å². The van der Waals surface area contributed by atoms with Crippen LogP contribution in [0.4, 0.5) is 0 Å². The summed E-state index contributed by atoms with van der Waals surface area (Å²) in [6.45, 7) is 5.23. The second-order valence-corrected chi connectivity index (χ2v) is 11.9. The number of nitrogens with zero attached hydrogens (tertiary/aromatic N) is 2. The molecule has 4 aliphatic heterocycles. The van der Waals surface area contributed by atoms with Crippen molar-refractivity contribution in [1.82, 2.24) is 9.80 Å². The van der Waals surface area contributed by atoms with E-state index in [4.69, 9.17) is 18.9 Å². The van der Waals surface area contributed by atoms with Crippen LogP contribution in [0.3, 0.4) is 0 Å². The first kappa shape index (κ1) is 29.6. The zero-order chi connectivity index (χ0) is 31.2. The van der Waals surface area contributed by atoms with Gasteiger partial charge in [0.05, 0.1) is 59.5 Å². The maximum atomic E-state index is 13.2. The monoisotopic (exact) mass is 604 g/mol. The van der Waals surface area contributed by atoms with Crippen LogP contribution in [0.1, 0.15) is 68.1 Å². The normalized spacial score (nSPS) is 19.3. The second kappa shape index (κ2) is 11.3. The molecule has 6 rings (SSSR count). The molecule has 0 N–H and O–H groups in total. The van der Waals surface area contributed by atoms with Crippen LogP contribution in [0.25, 0.3) is 11.1 Å². The molecule has 44 heavy (non-hydrogen) atoms.